The van der Waals surface area contributed by atoms with E-state index in [0.29, 0.717) is 11.3 Å². The Morgan fingerprint density at radius 3 is 1.82 bits per heavy atom. The first-order valence-electron chi connectivity index (χ1n) is 7.11. The molecule has 0 aliphatic carbocycles. The standard InChI is InChI=1S/C13H20F6N2O/c1-9(2)8-10(22)20-11(12(14,15)16,13(17,18)19)21-6-4-3-5-7-21/h9H,3-8H2,1-2H3,(H,20,22). The van der Waals surface area contributed by atoms with Gasteiger partial charge in [-0.25, -0.2) is 0 Å². The smallest absolute Gasteiger partial charge is 0.323 e. The van der Waals surface area contributed by atoms with Gasteiger partial charge >= 0.3 is 12.4 Å². The number of hydrogen-bond donors (Lipinski definition) is 1. The first-order valence-corrected chi connectivity index (χ1v) is 7.11. The van der Waals surface area contributed by atoms with E-state index in [4.69, 9.17) is 0 Å². The lowest BCUT2D eigenvalue weighted by atomic mass is 10.00. The fourth-order valence-electron chi connectivity index (χ4n) is 2.59. The number of nitrogens with one attached hydrogen (secondary N) is 1. The average molecular weight is 334 g/mol. The van der Waals surface area contributed by atoms with Gasteiger partial charge in [0.25, 0.3) is 5.66 Å². The van der Waals surface area contributed by atoms with Crippen molar-refractivity contribution in [1.82, 2.24) is 10.2 Å². The Balaban J connectivity index is 3.24. The van der Waals surface area contributed by atoms with Crippen LogP contribution in [0.15, 0.2) is 0 Å². The van der Waals surface area contributed by atoms with Crippen molar-refractivity contribution in [3.8, 4) is 0 Å². The first kappa shape index (κ1) is 19.1. The number of carbonyl (C=O) groups excluding carboxylic acids is 1. The summed E-state index contributed by atoms with van der Waals surface area (Å²) in [6, 6.07) is 0. The summed E-state index contributed by atoms with van der Waals surface area (Å²) in [6.45, 7) is 2.37. The van der Waals surface area contributed by atoms with Gasteiger partial charge in [-0.3, -0.25) is 9.69 Å². The van der Waals surface area contributed by atoms with Crippen LogP contribution in [-0.4, -0.2) is 41.9 Å². The van der Waals surface area contributed by atoms with Crippen molar-refractivity contribution in [2.45, 2.75) is 57.5 Å². The molecule has 0 aromatic carbocycles. The molecule has 1 aliphatic heterocycles. The number of carbonyl (C=O) groups is 1. The van der Waals surface area contributed by atoms with Crippen LogP contribution < -0.4 is 5.32 Å². The molecule has 1 fully saturated rings. The van der Waals surface area contributed by atoms with Crippen LogP contribution in [0.2, 0.25) is 0 Å². The van der Waals surface area contributed by atoms with Crippen LogP contribution in [0.1, 0.15) is 39.5 Å². The highest BCUT2D eigenvalue weighted by Crippen LogP contribution is 2.46. The molecule has 3 nitrogen and oxygen atoms in total. The Hall–Kier alpha value is -0.990. The Morgan fingerprint density at radius 2 is 1.45 bits per heavy atom. The second-order valence-electron chi connectivity index (χ2n) is 5.90. The maximum Gasteiger partial charge on any atom is 0.434 e. The van der Waals surface area contributed by atoms with Gasteiger partial charge in [0, 0.05) is 19.5 Å². The molecule has 0 spiro atoms. The highest BCUT2D eigenvalue weighted by Gasteiger charge is 2.74. The Bertz CT molecular complexity index is 371. The van der Waals surface area contributed by atoms with Crippen LogP contribution in [0.5, 0.6) is 0 Å². The summed E-state index contributed by atoms with van der Waals surface area (Å²) in [5.74, 6) is -1.60. The minimum absolute atomic E-state index is 0.230. The third-order valence-corrected chi connectivity index (χ3v) is 3.56. The number of halogens is 6. The molecule has 0 aromatic rings. The number of nitrogens with zero attached hydrogens (tertiary/aromatic N) is 1. The maximum atomic E-state index is 13.4. The molecular formula is C13H20F6N2O. The molecule has 1 amide bonds. The highest BCUT2D eigenvalue weighted by molar-refractivity contribution is 5.77. The fourth-order valence-corrected chi connectivity index (χ4v) is 2.59. The summed E-state index contributed by atoms with van der Waals surface area (Å²) in [5.41, 5.74) is -4.31. The Labute approximate surface area is 125 Å². The first-order chi connectivity index (χ1) is 9.92. The van der Waals surface area contributed by atoms with Gasteiger partial charge in [-0.05, 0) is 18.8 Å². The quantitative estimate of drug-likeness (QED) is 0.799. The van der Waals surface area contributed by atoms with Crippen LogP contribution in [-0.2, 0) is 4.79 Å². The van der Waals surface area contributed by atoms with Crippen LogP contribution in [0.25, 0.3) is 0 Å². The lowest BCUT2D eigenvalue weighted by Crippen LogP contribution is -2.76. The normalized spacial score (nSPS) is 18.6. The van der Waals surface area contributed by atoms with Gasteiger partial charge in [0.15, 0.2) is 0 Å². The van der Waals surface area contributed by atoms with Crippen molar-refractivity contribution in [2.24, 2.45) is 5.92 Å². The number of likely N-dealkylation sites (tertiary alicyclic amines) is 1. The summed E-state index contributed by atoms with van der Waals surface area (Å²) in [4.78, 5) is 12.0. The molecule has 130 valence electrons. The van der Waals surface area contributed by atoms with Crippen molar-refractivity contribution in [1.29, 1.82) is 0 Å². The van der Waals surface area contributed by atoms with Crippen molar-refractivity contribution < 1.29 is 31.1 Å². The minimum atomic E-state index is -5.66. The van der Waals surface area contributed by atoms with Gasteiger partial charge in [-0.1, -0.05) is 20.3 Å². The molecular weight excluding hydrogens is 314 g/mol. The number of alkyl halides is 6. The average Bonchev–Trinajstić information content (AvgIpc) is 2.33. The summed E-state index contributed by atoms with van der Waals surface area (Å²) in [6.07, 6.45) is -10.7. The predicted octanol–water partition coefficient (Wildman–Crippen LogP) is 3.46. The SMILES string of the molecule is CC(C)CC(=O)NC(N1CCCCC1)(C(F)(F)F)C(F)(F)F. The lowest BCUT2D eigenvalue weighted by Gasteiger charge is -2.47. The number of amides is 1. The molecule has 0 unspecified atom stereocenters. The fraction of sp³-hybridized carbons (Fsp3) is 0.923. The van der Waals surface area contributed by atoms with E-state index in [1.807, 2.05) is 0 Å². The van der Waals surface area contributed by atoms with Crippen molar-refractivity contribution in [2.75, 3.05) is 13.1 Å². The Kier molecular flexibility index (Phi) is 5.75. The van der Waals surface area contributed by atoms with E-state index in [9.17, 15) is 31.1 Å². The van der Waals surface area contributed by atoms with Crippen LogP contribution in [0, 0.1) is 5.92 Å². The number of piperidine rings is 1. The zero-order chi connectivity index (χ0) is 17.2. The summed E-state index contributed by atoms with van der Waals surface area (Å²) in [7, 11) is 0. The van der Waals surface area contributed by atoms with Gasteiger partial charge in [-0.2, -0.15) is 26.3 Å². The van der Waals surface area contributed by atoms with Crippen molar-refractivity contribution >= 4 is 5.91 Å². The zero-order valence-electron chi connectivity index (χ0n) is 12.4. The molecule has 0 atom stereocenters. The minimum Gasteiger partial charge on any atom is -0.323 e. The third kappa shape index (κ3) is 3.85. The topological polar surface area (TPSA) is 32.3 Å². The highest BCUT2D eigenvalue weighted by atomic mass is 19.4. The van der Waals surface area contributed by atoms with E-state index in [2.05, 4.69) is 0 Å². The predicted molar refractivity (Wildman–Crippen MR) is 67.9 cm³/mol. The Morgan fingerprint density at radius 1 is 1.00 bits per heavy atom. The van der Waals surface area contributed by atoms with E-state index in [-0.39, 0.29) is 31.8 Å². The van der Waals surface area contributed by atoms with Gasteiger partial charge in [0.05, 0.1) is 0 Å². The van der Waals surface area contributed by atoms with Gasteiger partial charge in [0.2, 0.25) is 5.91 Å². The van der Waals surface area contributed by atoms with Crippen LogP contribution >= 0.6 is 0 Å². The molecule has 1 N–H and O–H groups in total. The van der Waals surface area contributed by atoms with Crippen molar-refractivity contribution in [3.63, 3.8) is 0 Å². The van der Waals surface area contributed by atoms with Crippen LogP contribution in [0.3, 0.4) is 0 Å². The molecule has 9 heteroatoms. The monoisotopic (exact) mass is 334 g/mol. The van der Waals surface area contributed by atoms with E-state index in [1.54, 1.807) is 13.8 Å². The third-order valence-electron chi connectivity index (χ3n) is 3.56. The second kappa shape index (κ2) is 6.64. The van der Waals surface area contributed by atoms with E-state index < -0.39 is 30.3 Å². The van der Waals surface area contributed by atoms with E-state index in [0.717, 1.165) is 0 Å². The summed E-state index contributed by atoms with van der Waals surface area (Å²) < 4.78 is 80.3. The molecule has 0 bridgehead atoms. The maximum absolute atomic E-state index is 13.4. The lowest BCUT2D eigenvalue weighted by molar-refractivity contribution is -0.351. The molecule has 1 saturated heterocycles. The second-order valence-corrected chi connectivity index (χ2v) is 5.90. The zero-order valence-corrected chi connectivity index (χ0v) is 12.4. The summed E-state index contributed by atoms with van der Waals surface area (Å²) in [5, 5.41) is 1.25. The molecule has 1 heterocycles. The molecule has 1 aliphatic rings. The van der Waals surface area contributed by atoms with Gasteiger partial charge in [-0.15, -0.1) is 0 Å². The molecule has 0 aromatic heterocycles. The van der Waals surface area contributed by atoms with Gasteiger partial charge in [0.1, 0.15) is 0 Å². The largest absolute Gasteiger partial charge is 0.434 e. The number of rotatable bonds is 4. The molecule has 0 radical (unpaired) electrons. The van der Waals surface area contributed by atoms with E-state index in [1.165, 1.54) is 5.32 Å². The molecule has 22 heavy (non-hydrogen) atoms. The van der Waals surface area contributed by atoms with E-state index >= 15 is 0 Å². The van der Waals surface area contributed by atoms with Crippen molar-refractivity contribution in [3.05, 3.63) is 0 Å². The van der Waals surface area contributed by atoms with Crippen LogP contribution in [0.4, 0.5) is 26.3 Å². The molecule has 1 rings (SSSR count). The number of hydrogen-bond acceptors (Lipinski definition) is 2. The van der Waals surface area contributed by atoms with Gasteiger partial charge < -0.3 is 5.32 Å². The molecule has 0 saturated carbocycles. The summed E-state index contributed by atoms with van der Waals surface area (Å²) >= 11 is 0.